The van der Waals surface area contributed by atoms with Crippen molar-refractivity contribution in [3.05, 3.63) is 53.5 Å². The van der Waals surface area contributed by atoms with Gasteiger partial charge in [0.05, 0.1) is 23.6 Å². The van der Waals surface area contributed by atoms with E-state index in [1.54, 1.807) is 12.1 Å². The van der Waals surface area contributed by atoms with Gasteiger partial charge < -0.3 is 14.8 Å². The van der Waals surface area contributed by atoms with Gasteiger partial charge in [0.25, 0.3) is 0 Å². The van der Waals surface area contributed by atoms with Gasteiger partial charge in [-0.2, -0.15) is 0 Å². The van der Waals surface area contributed by atoms with Crippen molar-refractivity contribution in [2.75, 3.05) is 5.32 Å². The van der Waals surface area contributed by atoms with Gasteiger partial charge in [-0.25, -0.2) is 13.6 Å². The molecule has 0 aliphatic heterocycles. The number of carbonyl (C=O) groups is 1. The summed E-state index contributed by atoms with van der Waals surface area (Å²) >= 11 is 0. The predicted molar refractivity (Wildman–Crippen MR) is 68.7 cm³/mol. The second-order valence-corrected chi connectivity index (χ2v) is 4.24. The molecule has 106 valence electrons. The quantitative estimate of drug-likeness (QED) is 0.874. The van der Waals surface area contributed by atoms with E-state index in [-0.39, 0.29) is 11.7 Å². The molecule has 0 aliphatic rings. The minimum absolute atomic E-state index is 0.0768. The van der Waals surface area contributed by atoms with Crippen LogP contribution in [0.25, 0.3) is 0 Å². The molecular formula is C14H13F2NO3. The van der Waals surface area contributed by atoms with Crippen LogP contribution in [-0.2, 0) is 0 Å². The van der Waals surface area contributed by atoms with Crippen molar-refractivity contribution < 1.29 is 23.1 Å². The number of rotatable bonds is 5. The van der Waals surface area contributed by atoms with Gasteiger partial charge >= 0.3 is 5.97 Å². The van der Waals surface area contributed by atoms with E-state index in [2.05, 4.69) is 5.32 Å². The average Bonchev–Trinajstić information content (AvgIpc) is 2.91. The molecule has 0 radical (unpaired) electrons. The summed E-state index contributed by atoms with van der Waals surface area (Å²) in [7, 11) is 0. The van der Waals surface area contributed by atoms with Gasteiger partial charge in [-0.15, -0.1) is 0 Å². The first kappa shape index (κ1) is 14.0. The third-order valence-electron chi connectivity index (χ3n) is 2.91. The Hall–Kier alpha value is -2.37. The standard InChI is InChI=1S/C14H13F2NO3/c1-2-11(13-4-3-5-20-13)17-12-6-8(14(18)19)9(15)7-10(12)16/h3-7,11,17H,2H2,1H3,(H,18,19). The molecule has 1 aromatic carbocycles. The number of anilines is 1. The Morgan fingerprint density at radius 1 is 1.40 bits per heavy atom. The highest BCUT2D eigenvalue weighted by molar-refractivity contribution is 5.89. The zero-order valence-corrected chi connectivity index (χ0v) is 10.7. The first-order valence-corrected chi connectivity index (χ1v) is 6.05. The monoisotopic (exact) mass is 281 g/mol. The van der Waals surface area contributed by atoms with E-state index in [0.717, 1.165) is 6.07 Å². The Morgan fingerprint density at radius 3 is 2.70 bits per heavy atom. The maximum absolute atomic E-state index is 13.7. The first-order valence-electron chi connectivity index (χ1n) is 6.05. The maximum Gasteiger partial charge on any atom is 0.338 e. The number of benzene rings is 1. The summed E-state index contributed by atoms with van der Waals surface area (Å²) in [5.74, 6) is -2.81. The molecule has 0 aliphatic carbocycles. The lowest BCUT2D eigenvalue weighted by molar-refractivity contribution is 0.0692. The van der Waals surface area contributed by atoms with Crippen LogP contribution >= 0.6 is 0 Å². The van der Waals surface area contributed by atoms with Crippen molar-refractivity contribution >= 4 is 11.7 Å². The number of carboxylic acids is 1. The van der Waals surface area contributed by atoms with Crippen LogP contribution in [0.15, 0.2) is 34.9 Å². The lowest BCUT2D eigenvalue weighted by Crippen LogP contribution is -2.12. The molecule has 4 nitrogen and oxygen atoms in total. The molecular weight excluding hydrogens is 268 g/mol. The predicted octanol–water partition coefficient (Wildman–Crippen LogP) is 3.82. The highest BCUT2D eigenvalue weighted by Gasteiger charge is 2.18. The van der Waals surface area contributed by atoms with Gasteiger partial charge in [0, 0.05) is 6.07 Å². The zero-order chi connectivity index (χ0) is 14.7. The molecule has 0 saturated heterocycles. The van der Waals surface area contributed by atoms with Crippen LogP contribution in [-0.4, -0.2) is 11.1 Å². The largest absolute Gasteiger partial charge is 0.478 e. The van der Waals surface area contributed by atoms with E-state index >= 15 is 0 Å². The van der Waals surface area contributed by atoms with Gasteiger partial charge in [-0.1, -0.05) is 6.92 Å². The number of furan rings is 1. The molecule has 20 heavy (non-hydrogen) atoms. The summed E-state index contributed by atoms with van der Waals surface area (Å²) in [6, 6.07) is 4.59. The Bertz CT molecular complexity index is 611. The van der Waals surface area contributed by atoms with Crippen LogP contribution in [0.2, 0.25) is 0 Å². The van der Waals surface area contributed by atoms with Crippen molar-refractivity contribution in [2.24, 2.45) is 0 Å². The Balaban J connectivity index is 2.33. The fourth-order valence-electron chi connectivity index (χ4n) is 1.88. The van der Waals surface area contributed by atoms with Crippen LogP contribution in [0, 0.1) is 11.6 Å². The Labute approximate surface area is 114 Å². The maximum atomic E-state index is 13.7. The van der Waals surface area contributed by atoms with Crippen molar-refractivity contribution in [3.8, 4) is 0 Å². The molecule has 6 heteroatoms. The summed E-state index contributed by atoms with van der Waals surface area (Å²) in [4.78, 5) is 10.9. The van der Waals surface area contributed by atoms with E-state index < -0.39 is 23.2 Å². The lowest BCUT2D eigenvalue weighted by Gasteiger charge is -2.17. The molecule has 0 bridgehead atoms. The minimum atomic E-state index is -1.45. The first-order chi connectivity index (χ1) is 9.52. The van der Waals surface area contributed by atoms with Crippen molar-refractivity contribution in [1.82, 2.24) is 0 Å². The normalized spacial score (nSPS) is 12.2. The van der Waals surface area contributed by atoms with Gasteiger partial charge in [0.15, 0.2) is 0 Å². The molecule has 0 fully saturated rings. The summed E-state index contributed by atoms with van der Waals surface area (Å²) in [5, 5.41) is 11.7. The zero-order valence-electron chi connectivity index (χ0n) is 10.7. The van der Waals surface area contributed by atoms with Gasteiger partial charge in [-0.3, -0.25) is 0 Å². The smallest absolute Gasteiger partial charge is 0.338 e. The molecule has 1 unspecified atom stereocenters. The van der Waals surface area contributed by atoms with Crippen LogP contribution in [0.3, 0.4) is 0 Å². The molecule has 2 N–H and O–H groups in total. The topological polar surface area (TPSA) is 62.5 Å². The van der Waals surface area contributed by atoms with E-state index in [4.69, 9.17) is 9.52 Å². The van der Waals surface area contributed by atoms with E-state index in [1.165, 1.54) is 6.26 Å². The van der Waals surface area contributed by atoms with Crippen molar-refractivity contribution in [1.29, 1.82) is 0 Å². The van der Waals surface area contributed by atoms with E-state index in [0.29, 0.717) is 18.2 Å². The van der Waals surface area contributed by atoms with E-state index in [9.17, 15) is 13.6 Å². The second kappa shape index (κ2) is 5.73. The number of halogens is 2. The number of carboxylic acid groups (broad SMARTS) is 1. The third kappa shape index (κ3) is 2.79. The highest BCUT2D eigenvalue weighted by Crippen LogP contribution is 2.26. The van der Waals surface area contributed by atoms with Crippen LogP contribution < -0.4 is 5.32 Å². The van der Waals surface area contributed by atoms with Gasteiger partial charge in [0.2, 0.25) is 0 Å². The molecule has 1 atom stereocenters. The molecule has 2 rings (SSSR count). The fourth-order valence-corrected chi connectivity index (χ4v) is 1.88. The number of hydrogen-bond donors (Lipinski definition) is 2. The van der Waals surface area contributed by atoms with Gasteiger partial charge in [-0.05, 0) is 24.6 Å². The number of nitrogens with one attached hydrogen (secondary N) is 1. The Kier molecular flexibility index (Phi) is 4.02. The molecule has 0 spiro atoms. The average molecular weight is 281 g/mol. The molecule has 0 saturated carbocycles. The van der Waals surface area contributed by atoms with Crippen molar-refractivity contribution in [2.45, 2.75) is 19.4 Å². The number of hydrogen-bond acceptors (Lipinski definition) is 3. The summed E-state index contributed by atoms with van der Waals surface area (Å²) in [6.07, 6.45) is 2.08. The number of aromatic carboxylic acids is 1. The van der Waals surface area contributed by atoms with E-state index in [1.807, 2.05) is 6.92 Å². The summed E-state index contributed by atoms with van der Waals surface area (Å²) in [5.41, 5.74) is -0.657. The molecule has 2 aromatic rings. The summed E-state index contributed by atoms with van der Waals surface area (Å²) < 4.78 is 32.2. The molecule has 0 amide bonds. The third-order valence-corrected chi connectivity index (χ3v) is 2.91. The SMILES string of the molecule is CCC(Nc1cc(C(=O)O)c(F)cc1F)c1ccco1. The minimum Gasteiger partial charge on any atom is -0.478 e. The fraction of sp³-hybridized carbons (Fsp3) is 0.214. The van der Waals surface area contributed by atoms with Crippen molar-refractivity contribution in [3.63, 3.8) is 0 Å². The Morgan fingerprint density at radius 2 is 2.15 bits per heavy atom. The molecule has 1 aromatic heterocycles. The van der Waals surface area contributed by atoms with Crippen LogP contribution in [0.5, 0.6) is 0 Å². The second-order valence-electron chi connectivity index (χ2n) is 4.24. The van der Waals surface area contributed by atoms with Crippen LogP contribution in [0.4, 0.5) is 14.5 Å². The van der Waals surface area contributed by atoms with Gasteiger partial charge in [0.1, 0.15) is 17.4 Å². The highest BCUT2D eigenvalue weighted by atomic mass is 19.1. The lowest BCUT2D eigenvalue weighted by atomic mass is 10.1. The van der Waals surface area contributed by atoms with Crippen LogP contribution in [0.1, 0.15) is 35.5 Å². The summed E-state index contributed by atoms with van der Waals surface area (Å²) in [6.45, 7) is 1.86. The molecule has 1 heterocycles.